The number of hydrogen-bond donors (Lipinski definition) is 1. The maximum atomic E-state index is 3.62. The van der Waals surface area contributed by atoms with Crippen LogP contribution in [0.5, 0.6) is 0 Å². The fraction of sp³-hybridized carbons (Fsp3) is 1.00. The monoisotopic (exact) mass is 210 g/mol. The van der Waals surface area contributed by atoms with Gasteiger partial charge in [0.25, 0.3) is 0 Å². The van der Waals surface area contributed by atoms with Crippen molar-refractivity contribution in [2.75, 3.05) is 13.1 Å². The highest BCUT2D eigenvalue weighted by Gasteiger charge is 2.29. The molecule has 2 heteroatoms. The predicted molar refractivity (Wildman–Crippen MR) is 65.1 cm³/mol. The van der Waals surface area contributed by atoms with E-state index in [9.17, 15) is 0 Å². The number of nitrogens with one attached hydrogen (secondary N) is 1. The van der Waals surface area contributed by atoms with Gasteiger partial charge < -0.3 is 5.32 Å². The van der Waals surface area contributed by atoms with Crippen LogP contribution in [0.2, 0.25) is 0 Å². The fourth-order valence-electron chi connectivity index (χ4n) is 3.27. The van der Waals surface area contributed by atoms with Crippen LogP contribution in [0.4, 0.5) is 0 Å². The van der Waals surface area contributed by atoms with Crippen molar-refractivity contribution < 1.29 is 0 Å². The number of piperazine rings is 1. The van der Waals surface area contributed by atoms with Crippen LogP contribution < -0.4 is 5.32 Å². The lowest BCUT2D eigenvalue weighted by Gasteiger charge is -2.43. The molecule has 15 heavy (non-hydrogen) atoms. The topological polar surface area (TPSA) is 15.3 Å². The maximum absolute atomic E-state index is 3.62. The highest BCUT2D eigenvalue weighted by molar-refractivity contribution is 4.87. The molecule has 1 N–H and O–H groups in total. The molecule has 0 spiro atoms. The van der Waals surface area contributed by atoms with Crippen LogP contribution in [0.3, 0.4) is 0 Å². The molecule has 0 aromatic carbocycles. The Balaban J connectivity index is 1.87. The third kappa shape index (κ3) is 2.94. The summed E-state index contributed by atoms with van der Waals surface area (Å²) >= 11 is 0. The molecule has 1 saturated heterocycles. The Kier molecular flexibility index (Phi) is 3.68. The lowest BCUT2D eigenvalue weighted by Crippen LogP contribution is -2.57. The Morgan fingerprint density at radius 3 is 1.93 bits per heavy atom. The molecule has 1 aliphatic carbocycles. The molecule has 2 nitrogen and oxygen atoms in total. The van der Waals surface area contributed by atoms with E-state index in [-0.39, 0.29) is 0 Å². The van der Waals surface area contributed by atoms with E-state index < -0.39 is 0 Å². The van der Waals surface area contributed by atoms with Gasteiger partial charge in [-0.1, -0.05) is 6.92 Å². The van der Waals surface area contributed by atoms with Gasteiger partial charge in [0.2, 0.25) is 0 Å². The van der Waals surface area contributed by atoms with Gasteiger partial charge in [-0.2, -0.15) is 0 Å². The Hall–Kier alpha value is -0.0800. The summed E-state index contributed by atoms with van der Waals surface area (Å²) in [6.45, 7) is 9.54. The van der Waals surface area contributed by atoms with E-state index in [1.165, 1.54) is 38.8 Å². The van der Waals surface area contributed by atoms with Gasteiger partial charge in [-0.3, -0.25) is 4.90 Å². The number of nitrogens with zero attached hydrogens (tertiary/aromatic N) is 1. The molecule has 1 aliphatic heterocycles. The first-order valence-corrected chi connectivity index (χ1v) is 6.65. The lowest BCUT2D eigenvalue weighted by atomic mass is 9.86. The minimum atomic E-state index is 0.674. The zero-order valence-corrected chi connectivity index (χ0v) is 10.5. The molecule has 2 atom stereocenters. The van der Waals surface area contributed by atoms with Gasteiger partial charge in [0.15, 0.2) is 0 Å². The normalized spacial score (nSPS) is 44.2. The van der Waals surface area contributed by atoms with Crippen LogP contribution in [0.1, 0.15) is 46.5 Å². The van der Waals surface area contributed by atoms with Crippen molar-refractivity contribution in [3.63, 3.8) is 0 Å². The summed E-state index contributed by atoms with van der Waals surface area (Å²) in [7, 11) is 0. The highest BCUT2D eigenvalue weighted by atomic mass is 15.2. The smallest absolute Gasteiger partial charge is 0.0169 e. The van der Waals surface area contributed by atoms with Gasteiger partial charge in [0.1, 0.15) is 0 Å². The molecule has 88 valence electrons. The van der Waals surface area contributed by atoms with Crippen molar-refractivity contribution in [2.24, 2.45) is 5.92 Å². The van der Waals surface area contributed by atoms with Crippen molar-refractivity contribution in [3.05, 3.63) is 0 Å². The summed E-state index contributed by atoms with van der Waals surface area (Å²) in [4.78, 5) is 2.73. The molecule has 1 heterocycles. The molecule has 2 fully saturated rings. The van der Waals surface area contributed by atoms with Crippen LogP contribution in [0, 0.1) is 5.92 Å². The summed E-state index contributed by atoms with van der Waals surface area (Å²) in [6.07, 6.45) is 5.75. The zero-order chi connectivity index (χ0) is 10.8. The Morgan fingerprint density at radius 2 is 1.40 bits per heavy atom. The van der Waals surface area contributed by atoms with E-state index in [1.54, 1.807) is 0 Å². The van der Waals surface area contributed by atoms with Gasteiger partial charge in [0, 0.05) is 31.2 Å². The fourth-order valence-corrected chi connectivity index (χ4v) is 3.27. The lowest BCUT2D eigenvalue weighted by molar-refractivity contribution is 0.0895. The van der Waals surface area contributed by atoms with Gasteiger partial charge in [-0.25, -0.2) is 0 Å². The maximum Gasteiger partial charge on any atom is 0.0169 e. The molecule has 0 radical (unpaired) electrons. The number of hydrogen-bond acceptors (Lipinski definition) is 2. The quantitative estimate of drug-likeness (QED) is 0.714. The van der Waals surface area contributed by atoms with Gasteiger partial charge >= 0.3 is 0 Å². The van der Waals surface area contributed by atoms with E-state index >= 15 is 0 Å². The molecule has 0 unspecified atom stereocenters. The van der Waals surface area contributed by atoms with Crippen molar-refractivity contribution in [1.82, 2.24) is 10.2 Å². The van der Waals surface area contributed by atoms with E-state index in [4.69, 9.17) is 0 Å². The first-order valence-electron chi connectivity index (χ1n) is 6.65. The van der Waals surface area contributed by atoms with Crippen molar-refractivity contribution in [2.45, 2.75) is 64.6 Å². The number of rotatable bonds is 1. The van der Waals surface area contributed by atoms with Crippen molar-refractivity contribution in [3.8, 4) is 0 Å². The summed E-state index contributed by atoms with van der Waals surface area (Å²) < 4.78 is 0. The Labute approximate surface area is 94.4 Å². The van der Waals surface area contributed by atoms with Crippen LogP contribution >= 0.6 is 0 Å². The molecule has 0 aromatic rings. The average Bonchev–Trinajstić information content (AvgIpc) is 2.17. The van der Waals surface area contributed by atoms with Crippen molar-refractivity contribution in [1.29, 1.82) is 0 Å². The van der Waals surface area contributed by atoms with Gasteiger partial charge in [0.05, 0.1) is 0 Å². The minimum absolute atomic E-state index is 0.674. The predicted octanol–water partition coefficient (Wildman–Crippen LogP) is 2.25. The first-order chi connectivity index (χ1) is 7.15. The van der Waals surface area contributed by atoms with Crippen molar-refractivity contribution >= 4 is 0 Å². The van der Waals surface area contributed by atoms with Gasteiger partial charge in [-0.05, 0) is 45.4 Å². The highest BCUT2D eigenvalue weighted by Crippen LogP contribution is 2.28. The Morgan fingerprint density at radius 1 is 0.867 bits per heavy atom. The molecular formula is C13H26N2. The van der Waals surface area contributed by atoms with Crippen LogP contribution in [-0.4, -0.2) is 36.1 Å². The molecule has 0 amide bonds. The van der Waals surface area contributed by atoms with E-state index in [0.29, 0.717) is 12.1 Å². The second kappa shape index (κ2) is 4.84. The molecule has 0 aromatic heterocycles. The van der Waals surface area contributed by atoms with Gasteiger partial charge in [-0.15, -0.1) is 0 Å². The minimum Gasteiger partial charge on any atom is -0.309 e. The third-order valence-corrected chi connectivity index (χ3v) is 4.09. The second-order valence-electron chi connectivity index (χ2n) is 5.84. The SMILES string of the molecule is CC1CCC(N2C[C@@H](C)N[C@@H](C)C2)CC1. The summed E-state index contributed by atoms with van der Waals surface area (Å²) in [5.74, 6) is 0.971. The summed E-state index contributed by atoms with van der Waals surface area (Å²) in [5, 5.41) is 3.62. The van der Waals surface area contributed by atoms with E-state index in [0.717, 1.165) is 12.0 Å². The summed E-state index contributed by atoms with van der Waals surface area (Å²) in [6, 6.07) is 2.23. The third-order valence-electron chi connectivity index (χ3n) is 4.09. The standard InChI is InChI=1S/C13H26N2/c1-10-4-6-13(7-5-10)15-8-11(2)14-12(3)9-15/h10-14H,4-9H2,1-3H3/t10?,11-,12+,13?. The molecule has 2 rings (SSSR count). The molecular weight excluding hydrogens is 184 g/mol. The summed E-state index contributed by atoms with van der Waals surface area (Å²) in [5.41, 5.74) is 0. The molecule has 2 aliphatic rings. The van der Waals surface area contributed by atoms with E-state index in [2.05, 4.69) is 31.0 Å². The van der Waals surface area contributed by atoms with Crippen LogP contribution in [-0.2, 0) is 0 Å². The average molecular weight is 210 g/mol. The van der Waals surface area contributed by atoms with Crippen LogP contribution in [0.25, 0.3) is 0 Å². The Bertz CT molecular complexity index is 187. The van der Waals surface area contributed by atoms with Crippen LogP contribution in [0.15, 0.2) is 0 Å². The molecule has 1 saturated carbocycles. The first kappa shape index (κ1) is 11.4. The zero-order valence-electron chi connectivity index (χ0n) is 10.5. The molecule has 0 bridgehead atoms. The van der Waals surface area contributed by atoms with E-state index in [1.807, 2.05) is 0 Å². The second-order valence-corrected chi connectivity index (χ2v) is 5.84. The largest absolute Gasteiger partial charge is 0.309 e.